The number of nitrogens with zero attached hydrogens (tertiary/aromatic N) is 1. The maximum atomic E-state index is 12.9. The maximum Gasteiger partial charge on any atom is 0.416 e. The summed E-state index contributed by atoms with van der Waals surface area (Å²) < 4.78 is 66.1. The third kappa shape index (κ3) is 3.57. The smallest absolute Gasteiger partial charge is 0.278 e. The van der Waals surface area contributed by atoms with E-state index in [-0.39, 0.29) is 15.5 Å². The number of halogens is 3. The Balaban J connectivity index is 2.08. The molecule has 0 unspecified atom stereocenters. The highest BCUT2D eigenvalue weighted by atomic mass is 32.2. The Morgan fingerprint density at radius 3 is 2.56 bits per heavy atom. The van der Waals surface area contributed by atoms with Crippen LogP contribution in [0.3, 0.4) is 0 Å². The monoisotopic (exact) mass is 384 g/mol. The average molecular weight is 384 g/mol. The Labute approximate surface area is 147 Å². The van der Waals surface area contributed by atoms with E-state index in [0.29, 0.717) is 16.8 Å². The van der Waals surface area contributed by atoms with E-state index >= 15 is 0 Å². The lowest BCUT2D eigenvalue weighted by molar-refractivity contribution is -0.137. The molecule has 1 aromatic heterocycles. The van der Waals surface area contributed by atoms with Crippen molar-refractivity contribution in [3.8, 4) is 0 Å². The van der Waals surface area contributed by atoms with E-state index in [1.54, 1.807) is 6.07 Å². The molecule has 1 N–H and O–H groups in total. The highest BCUT2D eigenvalue weighted by molar-refractivity contribution is 7.93. The van der Waals surface area contributed by atoms with Crippen LogP contribution < -0.4 is 4.72 Å². The number of benzene rings is 2. The number of hydrogen-bond acceptors (Lipinski definition) is 4. The zero-order valence-corrected chi connectivity index (χ0v) is 14.2. The first-order valence-electron chi connectivity index (χ1n) is 6.94. The SMILES string of the molecule is O=S(=O)(Nc1cc(C(F)(F)F)ccc1S)c1cccc2cnccc12. The quantitative estimate of drug-likeness (QED) is 0.661. The van der Waals surface area contributed by atoms with Gasteiger partial charge in [-0.2, -0.15) is 13.2 Å². The largest absolute Gasteiger partial charge is 0.416 e. The lowest BCUT2D eigenvalue weighted by atomic mass is 10.2. The first-order chi connectivity index (χ1) is 11.7. The second-order valence-electron chi connectivity index (χ2n) is 5.19. The summed E-state index contributed by atoms with van der Waals surface area (Å²) in [4.78, 5) is 3.94. The fraction of sp³-hybridized carbons (Fsp3) is 0.0625. The summed E-state index contributed by atoms with van der Waals surface area (Å²) in [6.07, 6.45) is -1.65. The van der Waals surface area contributed by atoms with Gasteiger partial charge in [0.25, 0.3) is 10.0 Å². The molecule has 0 spiro atoms. The molecule has 25 heavy (non-hydrogen) atoms. The molecule has 130 valence electrons. The van der Waals surface area contributed by atoms with Gasteiger partial charge in [-0.05, 0) is 30.3 Å². The van der Waals surface area contributed by atoms with Crippen molar-refractivity contribution < 1.29 is 21.6 Å². The van der Waals surface area contributed by atoms with Gasteiger partial charge >= 0.3 is 6.18 Å². The number of thiol groups is 1. The van der Waals surface area contributed by atoms with Crippen molar-refractivity contribution in [2.45, 2.75) is 16.0 Å². The van der Waals surface area contributed by atoms with E-state index in [2.05, 4.69) is 22.3 Å². The van der Waals surface area contributed by atoms with E-state index in [4.69, 9.17) is 0 Å². The van der Waals surface area contributed by atoms with Gasteiger partial charge in [0.15, 0.2) is 0 Å². The van der Waals surface area contributed by atoms with Gasteiger partial charge in [0.1, 0.15) is 0 Å². The number of pyridine rings is 1. The second-order valence-corrected chi connectivity index (χ2v) is 7.32. The topological polar surface area (TPSA) is 59.1 Å². The third-order valence-electron chi connectivity index (χ3n) is 3.50. The van der Waals surface area contributed by atoms with Crippen LogP contribution in [0.15, 0.2) is 64.6 Å². The fourth-order valence-electron chi connectivity index (χ4n) is 2.32. The lowest BCUT2D eigenvalue weighted by Crippen LogP contribution is -2.15. The van der Waals surface area contributed by atoms with Gasteiger partial charge in [0.2, 0.25) is 0 Å². The first kappa shape index (κ1) is 17.6. The molecular weight excluding hydrogens is 373 g/mol. The van der Waals surface area contributed by atoms with Crippen LogP contribution in [0.4, 0.5) is 18.9 Å². The fourth-order valence-corrected chi connectivity index (χ4v) is 3.89. The molecule has 0 atom stereocenters. The molecule has 4 nitrogen and oxygen atoms in total. The summed E-state index contributed by atoms with van der Waals surface area (Å²) in [5.74, 6) is 0. The summed E-state index contributed by atoms with van der Waals surface area (Å²) in [6.45, 7) is 0. The number of alkyl halides is 3. The van der Waals surface area contributed by atoms with E-state index in [9.17, 15) is 21.6 Å². The Morgan fingerprint density at radius 2 is 1.84 bits per heavy atom. The van der Waals surface area contributed by atoms with Gasteiger partial charge in [0.05, 0.1) is 16.1 Å². The minimum Gasteiger partial charge on any atom is -0.278 e. The van der Waals surface area contributed by atoms with Gasteiger partial charge < -0.3 is 0 Å². The zero-order chi connectivity index (χ0) is 18.2. The van der Waals surface area contributed by atoms with Crippen molar-refractivity contribution in [2.75, 3.05) is 4.72 Å². The molecule has 0 radical (unpaired) electrons. The van der Waals surface area contributed by atoms with Crippen LogP contribution in [0, 0.1) is 0 Å². The number of fused-ring (bicyclic) bond motifs is 1. The Kier molecular flexibility index (Phi) is 4.38. The predicted molar refractivity (Wildman–Crippen MR) is 91.2 cm³/mol. The summed E-state index contributed by atoms with van der Waals surface area (Å²) >= 11 is 4.03. The van der Waals surface area contributed by atoms with Crippen molar-refractivity contribution in [3.05, 3.63) is 60.4 Å². The average Bonchev–Trinajstić information content (AvgIpc) is 2.55. The highest BCUT2D eigenvalue weighted by Crippen LogP contribution is 2.34. The van der Waals surface area contributed by atoms with Crippen molar-refractivity contribution in [1.82, 2.24) is 4.98 Å². The van der Waals surface area contributed by atoms with Crippen LogP contribution in [0.1, 0.15) is 5.56 Å². The van der Waals surface area contributed by atoms with Crippen molar-refractivity contribution in [1.29, 1.82) is 0 Å². The van der Waals surface area contributed by atoms with E-state index in [1.807, 2.05) is 0 Å². The van der Waals surface area contributed by atoms with E-state index < -0.39 is 21.8 Å². The molecule has 3 aromatic rings. The number of nitrogens with one attached hydrogen (secondary N) is 1. The normalized spacial score (nSPS) is 12.3. The van der Waals surface area contributed by atoms with E-state index in [0.717, 1.165) is 12.1 Å². The van der Waals surface area contributed by atoms with Gasteiger partial charge in [-0.3, -0.25) is 9.71 Å². The Morgan fingerprint density at radius 1 is 1.08 bits per heavy atom. The molecule has 0 bridgehead atoms. The van der Waals surface area contributed by atoms with Gasteiger partial charge in [-0.25, -0.2) is 8.42 Å². The van der Waals surface area contributed by atoms with Gasteiger partial charge in [-0.1, -0.05) is 12.1 Å². The molecule has 0 aliphatic heterocycles. The molecule has 0 saturated heterocycles. The first-order valence-corrected chi connectivity index (χ1v) is 8.87. The molecule has 0 amide bonds. The van der Waals surface area contributed by atoms with Crippen LogP contribution in [-0.2, 0) is 16.2 Å². The minimum atomic E-state index is -4.59. The molecule has 0 fully saturated rings. The lowest BCUT2D eigenvalue weighted by Gasteiger charge is -2.14. The molecule has 1 heterocycles. The molecule has 2 aromatic carbocycles. The maximum absolute atomic E-state index is 12.9. The summed E-state index contributed by atoms with van der Waals surface area (Å²) in [7, 11) is -4.12. The van der Waals surface area contributed by atoms with E-state index in [1.165, 1.54) is 30.6 Å². The Hall–Kier alpha value is -2.26. The number of aromatic nitrogens is 1. The standard InChI is InChI=1S/C16H11F3N2O2S2/c17-16(18,19)11-4-5-14(24)13(8-11)21-25(22,23)15-3-1-2-10-9-20-7-6-12(10)15/h1-9,21,24H. The number of anilines is 1. The highest BCUT2D eigenvalue weighted by Gasteiger charge is 2.31. The van der Waals surface area contributed by atoms with Crippen molar-refractivity contribution in [2.24, 2.45) is 0 Å². The molecule has 0 aliphatic rings. The molecule has 9 heteroatoms. The summed E-state index contributed by atoms with van der Waals surface area (Å²) in [5.41, 5.74) is -1.21. The Bertz CT molecular complexity index is 1050. The van der Waals surface area contributed by atoms with Crippen LogP contribution >= 0.6 is 12.6 Å². The number of hydrogen-bond donors (Lipinski definition) is 2. The number of rotatable bonds is 3. The molecular formula is C16H11F3N2O2S2. The minimum absolute atomic E-state index is 0.0578. The number of sulfonamides is 1. The molecule has 0 saturated carbocycles. The van der Waals surface area contributed by atoms with Crippen LogP contribution in [0.25, 0.3) is 10.8 Å². The zero-order valence-electron chi connectivity index (χ0n) is 12.4. The van der Waals surface area contributed by atoms with Crippen LogP contribution in [-0.4, -0.2) is 13.4 Å². The van der Waals surface area contributed by atoms with Gasteiger partial charge in [0, 0.05) is 28.1 Å². The molecule has 3 rings (SSSR count). The summed E-state index contributed by atoms with van der Waals surface area (Å²) in [6, 6.07) is 8.77. The second kappa shape index (κ2) is 6.23. The predicted octanol–water partition coefficient (Wildman–Crippen LogP) is 4.34. The van der Waals surface area contributed by atoms with Crippen LogP contribution in [0.2, 0.25) is 0 Å². The van der Waals surface area contributed by atoms with Gasteiger partial charge in [-0.15, -0.1) is 12.6 Å². The van der Waals surface area contributed by atoms with Crippen LogP contribution in [0.5, 0.6) is 0 Å². The molecule has 0 aliphatic carbocycles. The third-order valence-corrected chi connectivity index (χ3v) is 5.31. The van der Waals surface area contributed by atoms with Crippen molar-refractivity contribution >= 4 is 39.1 Å². The van der Waals surface area contributed by atoms with Crippen molar-refractivity contribution in [3.63, 3.8) is 0 Å². The summed E-state index contributed by atoms with van der Waals surface area (Å²) in [5, 5.41) is 1.01.